The normalized spacial score (nSPS) is 29.3. The largest absolute Gasteiger partial charge is 0.381 e. The van der Waals surface area contributed by atoms with E-state index in [0.29, 0.717) is 11.3 Å². The van der Waals surface area contributed by atoms with E-state index in [2.05, 4.69) is 6.92 Å². The lowest BCUT2D eigenvalue weighted by atomic mass is 9.93. The minimum Gasteiger partial charge on any atom is -0.381 e. The first-order valence-electron chi connectivity index (χ1n) is 7.56. The van der Waals surface area contributed by atoms with Gasteiger partial charge in [-0.15, -0.1) is 11.6 Å². The van der Waals surface area contributed by atoms with Crippen LogP contribution in [-0.2, 0) is 4.74 Å². The third-order valence-electron chi connectivity index (χ3n) is 3.85. The van der Waals surface area contributed by atoms with Crippen molar-refractivity contribution in [3.8, 4) is 0 Å². The van der Waals surface area contributed by atoms with E-state index >= 15 is 0 Å². The van der Waals surface area contributed by atoms with Crippen molar-refractivity contribution in [3.63, 3.8) is 0 Å². The van der Waals surface area contributed by atoms with Crippen molar-refractivity contribution >= 4 is 11.6 Å². The summed E-state index contributed by atoms with van der Waals surface area (Å²) in [5.74, 6) is 0.580. The molecule has 0 spiro atoms. The monoisotopic (exact) mass is 260 g/mol. The van der Waals surface area contributed by atoms with Gasteiger partial charge in [0, 0.05) is 12.0 Å². The number of halogens is 1. The van der Waals surface area contributed by atoms with Crippen LogP contribution in [0.15, 0.2) is 0 Å². The Kier molecular flexibility index (Phi) is 9.18. The average Bonchev–Trinajstić information content (AvgIpc) is 2.33. The predicted molar refractivity (Wildman–Crippen MR) is 75.8 cm³/mol. The molecule has 1 nitrogen and oxygen atoms in total. The summed E-state index contributed by atoms with van der Waals surface area (Å²) in [5.41, 5.74) is 0. The fraction of sp³-hybridized carbons (Fsp3) is 1.00. The summed E-state index contributed by atoms with van der Waals surface area (Å²) in [7, 11) is 0. The maximum absolute atomic E-state index is 6.54. The van der Waals surface area contributed by atoms with E-state index in [1.54, 1.807) is 0 Å². The molecule has 0 amide bonds. The molecule has 0 bridgehead atoms. The van der Waals surface area contributed by atoms with Gasteiger partial charge in [0.25, 0.3) is 0 Å². The molecule has 0 aromatic carbocycles. The van der Waals surface area contributed by atoms with E-state index in [1.807, 2.05) is 0 Å². The van der Waals surface area contributed by atoms with Crippen LogP contribution < -0.4 is 0 Å². The van der Waals surface area contributed by atoms with Crippen LogP contribution in [0.1, 0.15) is 71.1 Å². The van der Waals surface area contributed by atoms with E-state index in [-0.39, 0.29) is 0 Å². The van der Waals surface area contributed by atoms with Crippen LogP contribution in [0.3, 0.4) is 0 Å². The van der Waals surface area contributed by atoms with Gasteiger partial charge in [-0.25, -0.2) is 0 Å². The molecule has 1 fully saturated rings. The highest BCUT2D eigenvalue weighted by Crippen LogP contribution is 2.25. The average molecular weight is 261 g/mol. The molecule has 0 N–H and O–H groups in total. The molecule has 0 heterocycles. The van der Waals surface area contributed by atoms with E-state index in [9.17, 15) is 0 Å². The number of alkyl halides is 1. The van der Waals surface area contributed by atoms with Crippen LogP contribution in [0, 0.1) is 5.92 Å². The van der Waals surface area contributed by atoms with Crippen LogP contribution in [0.25, 0.3) is 0 Å². The second-order valence-corrected chi connectivity index (χ2v) is 5.90. The summed E-state index contributed by atoms with van der Waals surface area (Å²) in [4.78, 5) is 0. The van der Waals surface area contributed by atoms with Crippen LogP contribution in [-0.4, -0.2) is 18.6 Å². The highest BCUT2D eigenvalue weighted by atomic mass is 35.5. The Labute approximate surface area is 112 Å². The van der Waals surface area contributed by atoms with E-state index in [1.165, 1.54) is 64.2 Å². The quantitative estimate of drug-likeness (QED) is 0.637. The molecule has 2 heteroatoms. The number of rotatable bonds is 3. The third kappa shape index (κ3) is 7.31. The van der Waals surface area contributed by atoms with Crippen LogP contribution in [0.4, 0.5) is 0 Å². The second-order valence-electron chi connectivity index (χ2n) is 5.34. The Bertz CT molecular complexity index is 172. The molecule has 2 atom stereocenters. The SMILES string of the molecule is CCOCC1CCCCCCCCCCC1Cl. The summed E-state index contributed by atoms with van der Waals surface area (Å²) < 4.78 is 5.58. The molecule has 0 aliphatic heterocycles. The van der Waals surface area contributed by atoms with Crippen molar-refractivity contribution < 1.29 is 4.74 Å². The minimum absolute atomic E-state index is 0.334. The summed E-state index contributed by atoms with van der Waals surface area (Å²) in [6.07, 6.45) is 13.5. The Hall–Kier alpha value is 0.250. The zero-order valence-corrected chi connectivity index (χ0v) is 12.2. The molecule has 0 aromatic rings. The summed E-state index contributed by atoms with van der Waals surface area (Å²) in [6, 6.07) is 0. The zero-order chi connectivity index (χ0) is 12.3. The maximum atomic E-state index is 6.54. The molecular formula is C15H29ClO. The van der Waals surface area contributed by atoms with Crippen molar-refractivity contribution in [1.29, 1.82) is 0 Å². The fourth-order valence-electron chi connectivity index (χ4n) is 2.68. The van der Waals surface area contributed by atoms with Crippen LogP contribution in [0.2, 0.25) is 0 Å². The molecule has 0 saturated heterocycles. The molecule has 1 rings (SSSR count). The molecular weight excluding hydrogens is 232 g/mol. The zero-order valence-electron chi connectivity index (χ0n) is 11.4. The lowest BCUT2D eigenvalue weighted by Gasteiger charge is -2.22. The fourth-order valence-corrected chi connectivity index (χ4v) is 3.03. The standard InChI is InChI=1S/C15H29ClO/c1-2-17-13-14-11-9-7-5-3-4-6-8-10-12-15(14)16/h14-15H,2-13H2,1H3. The van der Waals surface area contributed by atoms with Crippen molar-refractivity contribution in [2.75, 3.05) is 13.2 Å². The van der Waals surface area contributed by atoms with Gasteiger partial charge in [0.2, 0.25) is 0 Å². The molecule has 0 aromatic heterocycles. The number of ether oxygens (including phenoxy) is 1. The first-order chi connectivity index (χ1) is 8.34. The molecule has 102 valence electrons. The number of hydrogen-bond acceptors (Lipinski definition) is 1. The molecule has 17 heavy (non-hydrogen) atoms. The van der Waals surface area contributed by atoms with E-state index < -0.39 is 0 Å². The van der Waals surface area contributed by atoms with E-state index in [4.69, 9.17) is 16.3 Å². The Morgan fingerprint density at radius 1 is 0.882 bits per heavy atom. The summed E-state index contributed by atoms with van der Waals surface area (Å²) in [5, 5.41) is 0.334. The highest BCUT2D eigenvalue weighted by molar-refractivity contribution is 6.20. The molecule has 1 saturated carbocycles. The molecule has 1 aliphatic rings. The topological polar surface area (TPSA) is 9.23 Å². The lowest BCUT2D eigenvalue weighted by molar-refractivity contribution is 0.102. The highest BCUT2D eigenvalue weighted by Gasteiger charge is 2.19. The van der Waals surface area contributed by atoms with Gasteiger partial charge in [0.05, 0.1) is 6.61 Å². The Morgan fingerprint density at radius 3 is 2.00 bits per heavy atom. The van der Waals surface area contributed by atoms with Gasteiger partial charge in [0.15, 0.2) is 0 Å². The Balaban J connectivity index is 2.33. The smallest absolute Gasteiger partial charge is 0.0508 e. The van der Waals surface area contributed by atoms with Crippen LogP contribution >= 0.6 is 11.6 Å². The van der Waals surface area contributed by atoms with Crippen molar-refractivity contribution in [2.24, 2.45) is 5.92 Å². The molecule has 1 aliphatic carbocycles. The molecule has 2 unspecified atom stereocenters. The van der Waals surface area contributed by atoms with Gasteiger partial charge in [-0.2, -0.15) is 0 Å². The van der Waals surface area contributed by atoms with Crippen LogP contribution in [0.5, 0.6) is 0 Å². The predicted octanol–water partition coefficient (Wildman–Crippen LogP) is 5.16. The van der Waals surface area contributed by atoms with Gasteiger partial charge >= 0.3 is 0 Å². The van der Waals surface area contributed by atoms with Gasteiger partial charge in [-0.1, -0.05) is 51.4 Å². The lowest BCUT2D eigenvalue weighted by Crippen LogP contribution is -2.21. The van der Waals surface area contributed by atoms with Crippen molar-refractivity contribution in [3.05, 3.63) is 0 Å². The minimum atomic E-state index is 0.334. The van der Waals surface area contributed by atoms with Gasteiger partial charge < -0.3 is 4.74 Å². The maximum Gasteiger partial charge on any atom is 0.0508 e. The summed E-state index contributed by atoms with van der Waals surface area (Å²) in [6.45, 7) is 3.75. The summed E-state index contributed by atoms with van der Waals surface area (Å²) >= 11 is 6.54. The van der Waals surface area contributed by atoms with Crippen molar-refractivity contribution in [2.45, 2.75) is 76.5 Å². The first-order valence-corrected chi connectivity index (χ1v) is 8.00. The van der Waals surface area contributed by atoms with Gasteiger partial charge in [0.1, 0.15) is 0 Å². The van der Waals surface area contributed by atoms with Crippen molar-refractivity contribution in [1.82, 2.24) is 0 Å². The number of hydrogen-bond donors (Lipinski definition) is 0. The van der Waals surface area contributed by atoms with E-state index in [0.717, 1.165) is 13.2 Å². The first kappa shape index (κ1) is 15.3. The second kappa shape index (κ2) is 10.2. The third-order valence-corrected chi connectivity index (χ3v) is 4.43. The Morgan fingerprint density at radius 2 is 1.41 bits per heavy atom. The van der Waals surface area contributed by atoms with Gasteiger partial charge in [-0.05, 0) is 25.7 Å². The van der Waals surface area contributed by atoms with Gasteiger partial charge in [-0.3, -0.25) is 0 Å². The molecule has 0 radical (unpaired) electrons.